The van der Waals surface area contributed by atoms with E-state index in [1.807, 2.05) is 30.3 Å². The van der Waals surface area contributed by atoms with Crippen molar-refractivity contribution in [3.05, 3.63) is 58.6 Å². The van der Waals surface area contributed by atoms with Crippen LogP contribution in [0.4, 0.5) is 0 Å². The van der Waals surface area contributed by atoms with Crippen LogP contribution >= 0.6 is 11.6 Å². The minimum absolute atomic E-state index is 0.169. The van der Waals surface area contributed by atoms with E-state index in [0.717, 1.165) is 22.1 Å². The van der Waals surface area contributed by atoms with E-state index in [9.17, 15) is 0 Å². The Morgan fingerprint density at radius 1 is 1.10 bits per heavy atom. The molecule has 0 aromatic heterocycles. The largest absolute Gasteiger partial charge is 0.497 e. The molecule has 0 saturated heterocycles. The second-order valence-corrected chi connectivity index (χ2v) is 6.03. The minimum atomic E-state index is -0.290. The van der Waals surface area contributed by atoms with Gasteiger partial charge in [-0.2, -0.15) is 0 Å². The van der Waals surface area contributed by atoms with Crippen molar-refractivity contribution < 1.29 is 9.47 Å². The van der Waals surface area contributed by atoms with E-state index in [1.54, 1.807) is 7.11 Å². The second kappa shape index (κ2) is 4.71. The lowest BCUT2D eigenvalue weighted by atomic mass is 9.81. The monoisotopic (exact) mass is 288 g/mol. The van der Waals surface area contributed by atoms with E-state index in [2.05, 4.69) is 26.0 Å². The van der Waals surface area contributed by atoms with Gasteiger partial charge in [0, 0.05) is 10.6 Å². The molecule has 3 heteroatoms. The first-order chi connectivity index (χ1) is 9.51. The number of ether oxygens (including phenoxy) is 2. The molecule has 20 heavy (non-hydrogen) atoms. The van der Waals surface area contributed by atoms with Crippen LogP contribution in [0.5, 0.6) is 11.5 Å². The fraction of sp³-hybridized carbons (Fsp3) is 0.294. The smallest absolute Gasteiger partial charge is 0.124 e. The fourth-order valence-corrected chi connectivity index (χ4v) is 3.11. The molecule has 0 fully saturated rings. The first-order valence-electron chi connectivity index (χ1n) is 6.64. The molecule has 0 bridgehead atoms. The van der Waals surface area contributed by atoms with Gasteiger partial charge in [0.2, 0.25) is 0 Å². The van der Waals surface area contributed by atoms with Crippen LogP contribution in [0.25, 0.3) is 0 Å². The lowest BCUT2D eigenvalue weighted by Crippen LogP contribution is -2.30. The summed E-state index contributed by atoms with van der Waals surface area (Å²) in [6.45, 7) is 4.21. The van der Waals surface area contributed by atoms with Crippen molar-refractivity contribution >= 4 is 11.6 Å². The number of fused-ring (bicyclic) bond motifs is 1. The van der Waals surface area contributed by atoms with Gasteiger partial charge in [0.25, 0.3) is 0 Å². The molecule has 1 aliphatic heterocycles. The summed E-state index contributed by atoms with van der Waals surface area (Å²) in [5, 5.41) is 0.739. The Bertz CT molecular complexity index is 632. The third-order valence-corrected chi connectivity index (χ3v) is 4.04. The fourth-order valence-electron chi connectivity index (χ4n) is 2.93. The maximum atomic E-state index is 6.14. The van der Waals surface area contributed by atoms with Gasteiger partial charge in [-0.15, -0.1) is 0 Å². The Morgan fingerprint density at radius 2 is 1.80 bits per heavy atom. The zero-order valence-corrected chi connectivity index (χ0v) is 12.6. The zero-order chi connectivity index (χ0) is 14.3. The maximum absolute atomic E-state index is 6.14. The molecule has 0 N–H and O–H groups in total. The lowest BCUT2D eigenvalue weighted by Gasteiger charge is -2.27. The standard InChI is InChI=1S/C17H17ClO2/c1-17(2)16(11-4-7-13(19-3)8-5-11)14-10-12(18)6-9-15(14)20-17/h4-10,16H,1-3H3. The van der Waals surface area contributed by atoms with Crippen molar-refractivity contribution in [3.63, 3.8) is 0 Å². The summed E-state index contributed by atoms with van der Waals surface area (Å²) in [6.07, 6.45) is 0. The highest BCUT2D eigenvalue weighted by Crippen LogP contribution is 2.48. The minimum Gasteiger partial charge on any atom is -0.497 e. The van der Waals surface area contributed by atoms with Gasteiger partial charge in [0.1, 0.15) is 17.1 Å². The summed E-state index contributed by atoms with van der Waals surface area (Å²) in [7, 11) is 1.67. The van der Waals surface area contributed by atoms with Crippen molar-refractivity contribution in [1.82, 2.24) is 0 Å². The van der Waals surface area contributed by atoms with Crippen LogP contribution in [0.2, 0.25) is 5.02 Å². The number of hydrogen-bond donors (Lipinski definition) is 0. The number of rotatable bonds is 2. The second-order valence-electron chi connectivity index (χ2n) is 5.59. The number of benzene rings is 2. The van der Waals surface area contributed by atoms with E-state index in [1.165, 1.54) is 5.56 Å². The third kappa shape index (κ3) is 2.14. The molecular weight excluding hydrogens is 272 g/mol. The predicted octanol–water partition coefficient (Wildman–Crippen LogP) is 4.65. The Kier molecular flexibility index (Phi) is 3.14. The van der Waals surface area contributed by atoms with Crippen LogP contribution < -0.4 is 9.47 Å². The number of hydrogen-bond acceptors (Lipinski definition) is 2. The van der Waals surface area contributed by atoms with Crippen molar-refractivity contribution in [3.8, 4) is 11.5 Å². The van der Waals surface area contributed by atoms with Crippen LogP contribution in [-0.2, 0) is 0 Å². The van der Waals surface area contributed by atoms with Crippen molar-refractivity contribution in [1.29, 1.82) is 0 Å². The first kappa shape index (κ1) is 13.3. The molecule has 1 heterocycles. The topological polar surface area (TPSA) is 18.5 Å². The molecule has 1 atom stereocenters. The molecule has 1 aliphatic rings. The molecule has 0 aliphatic carbocycles. The average Bonchev–Trinajstić information content (AvgIpc) is 2.68. The summed E-state index contributed by atoms with van der Waals surface area (Å²) in [5.41, 5.74) is 2.06. The van der Waals surface area contributed by atoms with E-state index in [-0.39, 0.29) is 11.5 Å². The van der Waals surface area contributed by atoms with Gasteiger partial charge in [-0.05, 0) is 49.7 Å². The van der Waals surface area contributed by atoms with Gasteiger partial charge in [-0.3, -0.25) is 0 Å². The molecule has 3 rings (SSSR count). The van der Waals surface area contributed by atoms with Crippen LogP contribution in [-0.4, -0.2) is 12.7 Å². The molecule has 2 nitrogen and oxygen atoms in total. The number of methoxy groups -OCH3 is 1. The van der Waals surface area contributed by atoms with Crippen LogP contribution in [0.15, 0.2) is 42.5 Å². The van der Waals surface area contributed by atoms with Gasteiger partial charge < -0.3 is 9.47 Å². The van der Waals surface area contributed by atoms with Crippen LogP contribution in [0.3, 0.4) is 0 Å². The Labute approximate surface area is 124 Å². The molecule has 2 aromatic rings. The summed E-state index contributed by atoms with van der Waals surface area (Å²) in [6, 6.07) is 14.0. The van der Waals surface area contributed by atoms with Crippen LogP contribution in [0.1, 0.15) is 30.9 Å². The van der Waals surface area contributed by atoms with Gasteiger partial charge in [-0.25, -0.2) is 0 Å². The van der Waals surface area contributed by atoms with E-state index in [4.69, 9.17) is 21.1 Å². The van der Waals surface area contributed by atoms with Crippen molar-refractivity contribution in [2.75, 3.05) is 7.11 Å². The molecular formula is C17H17ClO2. The molecule has 104 valence electrons. The zero-order valence-electron chi connectivity index (χ0n) is 11.8. The first-order valence-corrected chi connectivity index (χ1v) is 7.01. The normalized spacial score (nSPS) is 19.3. The molecule has 0 amide bonds. The summed E-state index contributed by atoms with van der Waals surface area (Å²) in [4.78, 5) is 0. The lowest BCUT2D eigenvalue weighted by molar-refractivity contribution is 0.122. The van der Waals surface area contributed by atoms with Gasteiger partial charge in [0.15, 0.2) is 0 Å². The summed E-state index contributed by atoms with van der Waals surface area (Å²) in [5.74, 6) is 1.94. The van der Waals surface area contributed by atoms with Gasteiger partial charge >= 0.3 is 0 Å². The maximum Gasteiger partial charge on any atom is 0.124 e. The van der Waals surface area contributed by atoms with Crippen LogP contribution in [0, 0.1) is 0 Å². The summed E-state index contributed by atoms with van der Waals surface area (Å²) < 4.78 is 11.3. The highest BCUT2D eigenvalue weighted by Gasteiger charge is 2.42. The van der Waals surface area contributed by atoms with E-state index in [0.29, 0.717) is 0 Å². The predicted molar refractivity (Wildman–Crippen MR) is 81.0 cm³/mol. The highest BCUT2D eigenvalue weighted by molar-refractivity contribution is 6.30. The SMILES string of the molecule is COc1ccc(C2c3cc(Cl)ccc3OC2(C)C)cc1. The van der Waals surface area contributed by atoms with E-state index < -0.39 is 0 Å². The number of halogens is 1. The third-order valence-electron chi connectivity index (χ3n) is 3.80. The van der Waals surface area contributed by atoms with E-state index >= 15 is 0 Å². The molecule has 0 radical (unpaired) electrons. The molecule has 0 spiro atoms. The molecule has 1 unspecified atom stereocenters. The van der Waals surface area contributed by atoms with Crippen molar-refractivity contribution in [2.24, 2.45) is 0 Å². The highest BCUT2D eigenvalue weighted by atomic mass is 35.5. The molecule has 0 saturated carbocycles. The Balaban J connectivity index is 2.09. The Morgan fingerprint density at radius 3 is 2.45 bits per heavy atom. The average molecular weight is 289 g/mol. The molecule has 2 aromatic carbocycles. The van der Waals surface area contributed by atoms with Gasteiger partial charge in [0.05, 0.1) is 13.0 Å². The quantitative estimate of drug-likeness (QED) is 0.801. The van der Waals surface area contributed by atoms with Gasteiger partial charge in [-0.1, -0.05) is 23.7 Å². The summed E-state index contributed by atoms with van der Waals surface area (Å²) >= 11 is 6.14. The van der Waals surface area contributed by atoms with Crippen molar-refractivity contribution in [2.45, 2.75) is 25.4 Å². The Hall–Kier alpha value is -1.67.